The Morgan fingerprint density at radius 2 is 1.91 bits per heavy atom. The summed E-state index contributed by atoms with van der Waals surface area (Å²) in [5.74, 6) is -0.998. The van der Waals surface area contributed by atoms with E-state index in [2.05, 4.69) is 10.9 Å². The number of imide groups is 1. The van der Waals surface area contributed by atoms with Gasteiger partial charge in [-0.15, -0.1) is 0 Å². The first-order valence-electron chi connectivity index (χ1n) is 6.30. The Bertz CT molecular complexity index is 653. The second kappa shape index (κ2) is 6.22. The first-order chi connectivity index (χ1) is 10.4. The molecule has 1 aliphatic heterocycles. The summed E-state index contributed by atoms with van der Waals surface area (Å²) in [5.41, 5.74) is 5.47. The third-order valence-corrected chi connectivity index (χ3v) is 3.15. The first-order valence-corrected chi connectivity index (χ1v) is 6.30. The van der Waals surface area contributed by atoms with Crippen LogP contribution in [0.1, 0.15) is 6.92 Å². The van der Waals surface area contributed by atoms with Gasteiger partial charge < -0.3 is 10.2 Å². The van der Waals surface area contributed by atoms with Gasteiger partial charge in [0.25, 0.3) is 0 Å². The van der Waals surface area contributed by atoms with Gasteiger partial charge in [-0.25, -0.2) is 5.43 Å². The summed E-state index contributed by atoms with van der Waals surface area (Å²) in [4.78, 5) is 33.3. The van der Waals surface area contributed by atoms with Crippen LogP contribution in [-0.4, -0.2) is 29.9 Å². The fourth-order valence-corrected chi connectivity index (χ4v) is 1.99. The topological polar surface area (TPSA) is 123 Å². The molecule has 1 atom stereocenters. The standard InChI is InChI=1S/C13H14N4O5/c1-7-10(12(18)14-13(19)11(7)17(20)21)16-15-8-3-5-9(22-2)6-4-8/h3-6,10,15-16H,1-2H3,(H,14,18,19). The molecule has 9 nitrogen and oxygen atoms in total. The molecule has 1 aromatic carbocycles. The summed E-state index contributed by atoms with van der Waals surface area (Å²) in [6.07, 6.45) is 0. The number of methoxy groups -OCH3 is 1. The molecule has 0 saturated carbocycles. The van der Waals surface area contributed by atoms with Crippen LogP contribution in [0, 0.1) is 10.1 Å². The highest BCUT2D eigenvalue weighted by atomic mass is 16.6. The van der Waals surface area contributed by atoms with Gasteiger partial charge in [-0.3, -0.25) is 25.0 Å². The SMILES string of the molecule is COc1ccc(NNC2C(=O)NC(=O)C([N+](=O)[O-])=C2C)cc1. The van der Waals surface area contributed by atoms with Crippen LogP contribution in [0.15, 0.2) is 35.5 Å². The van der Waals surface area contributed by atoms with Crippen LogP contribution in [0.2, 0.25) is 0 Å². The Kier molecular flexibility index (Phi) is 4.37. The molecule has 1 heterocycles. The van der Waals surface area contributed by atoms with E-state index in [1.807, 2.05) is 5.32 Å². The summed E-state index contributed by atoms with van der Waals surface area (Å²) in [5, 5.41) is 12.8. The van der Waals surface area contributed by atoms with Crippen LogP contribution < -0.4 is 20.9 Å². The molecule has 116 valence electrons. The molecule has 0 fully saturated rings. The van der Waals surface area contributed by atoms with E-state index in [-0.39, 0.29) is 5.57 Å². The largest absolute Gasteiger partial charge is 0.497 e. The number of benzene rings is 1. The number of nitrogens with zero attached hydrogens (tertiary/aromatic N) is 1. The van der Waals surface area contributed by atoms with Crippen molar-refractivity contribution in [2.24, 2.45) is 0 Å². The van der Waals surface area contributed by atoms with Crippen molar-refractivity contribution in [3.63, 3.8) is 0 Å². The lowest BCUT2D eigenvalue weighted by atomic mass is 10.0. The first kappa shape index (κ1) is 15.4. The highest BCUT2D eigenvalue weighted by Crippen LogP contribution is 2.17. The third kappa shape index (κ3) is 3.04. The van der Waals surface area contributed by atoms with Gasteiger partial charge in [-0.1, -0.05) is 0 Å². The number of nitro groups is 1. The summed E-state index contributed by atoms with van der Waals surface area (Å²) >= 11 is 0. The number of amides is 2. The molecule has 0 radical (unpaired) electrons. The zero-order valence-corrected chi connectivity index (χ0v) is 11.9. The van der Waals surface area contributed by atoms with Crippen LogP contribution in [0.25, 0.3) is 0 Å². The lowest BCUT2D eigenvalue weighted by Gasteiger charge is -2.22. The van der Waals surface area contributed by atoms with Crippen molar-refractivity contribution >= 4 is 17.5 Å². The number of carbonyl (C=O) groups excluding carboxylic acids is 2. The van der Waals surface area contributed by atoms with E-state index in [1.165, 1.54) is 14.0 Å². The molecular weight excluding hydrogens is 292 g/mol. The van der Waals surface area contributed by atoms with Crippen LogP contribution in [0.5, 0.6) is 5.75 Å². The van der Waals surface area contributed by atoms with E-state index < -0.39 is 28.5 Å². The maximum absolute atomic E-state index is 11.8. The number of hydrazine groups is 1. The van der Waals surface area contributed by atoms with Crippen molar-refractivity contribution in [3.8, 4) is 5.75 Å². The maximum Gasteiger partial charge on any atom is 0.334 e. The van der Waals surface area contributed by atoms with Crippen molar-refractivity contribution in [1.82, 2.24) is 10.7 Å². The fraction of sp³-hybridized carbons (Fsp3) is 0.231. The Morgan fingerprint density at radius 3 is 2.45 bits per heavy atom. The van der Waals surface area contributed by atoms with E-state index in [1.54, 1.807) is 24.3 Å². The van der Waals surface area contributed by atoms with Gasteiger partial charge in [0.1, 0.15) is 11.8 Å². The van der Waals surface area contributed by atoms with Crippen LogP contribution in [0.4, 0.5) is 5.69 Å². The number of hydrogen-bond donors (Lipinski definition) is 3. The minimum absolute atomic E-state index is 0.0414. The quantitative estimate of drug-likeness (QED) is 0.403. The maximum atomic E-state index is 11.8. The molecule has 1 unspecified atom stereocenters. The number of anilines is 1. The Balaban J connectivity index is 2.14. The number of rotatable bonds is 5. The summed E-state index contributed by atoms with van der Waals surface area (Å²) in [7, 11) is 1.54. The van der Waals surface area contributed by atoms with Gasteiger partial charge in [-0.05, 0) is 31.2 Å². The zero-order chi connectivity index (χ0) is 16.3. The molecule has 2 amide bonds. The Hall–Kier alpha value is -2.94. The highest BCUT2D eigenvalue weighted by Gasteiger charge is 2.39. The average molecular weight is 306 g/mol. The lowest BCUT2D eigenvalue weighted by Crippen LogP contribution is -2.54. The molecule has 22 heavy (non-hydrogen) atoms. The van der Waals surface area contributed by atoms with E-state index in [0.717, 1.165) is 0 Å². The van der Waals surface area contributed by atoms with Gasteiger partial charge in [0.2, 0.25) is 5.91 Å². The molecule has 1 aliphatic rings. The van der Waals surface area contributed by atoms with E-state index >= 15 is 0 Å². The molecule has 0 spiro atoms. The fourth-order valence-electron chi connectivity index (χ4n) is 1.99. The van der Waals surface area contributed by atoms with Gasteiger partial charge in [0.05, 0.1) is 12.0 Å². The van der Waals surface area contributed by atoms with Gasteiger partial charge in [-0.2, -0.15) is 0 Å². The van der Waals surface area contributed by atoms with Crippen molar-refractivity contribution in [1.29, 1.82) is 0 Å². The number of carbonyl (C=O) groups is 2. The molecular formula is C13H14N4O5. The molecule has 0 saturated heterocycles. The van der Waals surface area contributed by atoms with Crippen molar-refractivity contribution in [2.45, 2.75) is 13.0 Å². The average Bonchev–Trinajstić information content (AvgIpc) is 2.46. The van der Waals surface area contributed by atoms with Gasteiger partial charge in [0.15, 0.2) is 0 Å². The predicted octanol–water partition coefficient (Wildman–Crippen LogP) is 0.187. The highest BCUT2D eigenvalue weighted by molar-refractivity contribution is 6.09. The third-order valence-electron chi connectivity index (χ3n) is 3.15. The summed E-state index contributed by atoms with van der Waals surface area (Å²) in [6, 6.07) is 5.79. The van der Waals surface area contributed by atoms with Crippen LogP contribution in [-0.2, 0) is 9.59 Å². The minimum Gasteiger partial charge on any atom is -0.497 e. The number of hydrogen-bond acceptors (Lipinski definition) is 7. The molecule has 0 bridgehead atoms. The predicted molar refractivity (Wildman–Crippen MR) is 76.4 cm³/mol. The van der Waals surface area contributed by atoms with Crippen molar-refractivity contribution in [2.75, 3.05) is 12.5 Å². The summed E-state index contributed by atoms with van der Waals surface area (Å²) < 4.78 is 5.02. The molecule has 0 aliphatic carbocycles. The Labute approximate surface area is 125 Å². The van der Waals surface area contributed by atoms with Crippen LogP contribution in [0.3, 0.4) is 0 Å². The number of ether oxygens (including phenoxy) is 1. The lowest BCUT2D eigenvalue weighted by molar-refractivity contribution is -0.420. The van der Waals surface area contributed by atoms with E-state index in [0.29, 0.717) is 11.4 Å². The van der Waals surface area contributed by atoms with E-state index in [4.69, 9.17) is 4.74 Å². The Morgan fingerprint density at radius 1 is 1.27 bits per heavy atom. The normalized spacial score (nSPS) is 18.0. The second-order valence-electron chi connectivity index (χ2n) is 4.54. The zero-order valence-electron chi connectivity index (χ0n) is 11.9. The molecule has 9 heteroatoms. The summed E-state index contributed by atoms with van der Waals surface area (Å²) in [6.45, 7) is 1.36. The van der Waals surface area contributed by atoms with Crippen molar-refractivity contribution < 1.29 is 19.2 Å². The molecule has 0 aromatic heterocycles. The molecule has 1 aromatic rings. The molecule has 3 N–H and O–H groups in total. The van der Waals surface area contributed by atoms with Gasteiger partial charge >= 0.3 is 11.6 Å². The van der Waals surface area contributed by atoms with Crippen LogP contribution >= 0.6 is 0 Å². The minimum atomic E-state index is -1.03. The number of nitrogens with one attached hydrogen (secondary N) is 3. The van der Waals surface area contributed by atoms with E-state index in [9.17, 15) is 19.7 Å². The van der Waals surface area contributed by atoms with Crippen molar-refractivity contribution in [3.05, 3.63) is 45.6 Å². The monoisotopic (exact) mass is 306 g/mol. The second-order valence-corrected chi connectivity index (χ2v) is 4.54. The smallest absolute Gasteiger partial charge is 0.334 e. The van der Waals surface area contributed by atoms with Gasteiger partial charge in [0, 0.05) is 11.3 Å². The molecule has 2 rings (SSSR count).